The Hall–Kier alpha value is -4.08. The summed E-state index contributed by atoms with van der Waals surface area (Å²) < 4.78 is 34.2. The molecule has 3 heterocycles. The summed E-state index contributed by atoms with van der Waals surface area (Å²) in [5, 5.41) is 4.25. The van der Waals surface area contributed by atoms with Gasteiger partial charge < -0.3 is 14.5 Å². The van der Waals surface area contributed by atoms with Crippen LogP contribution in [0.3, 0.4) is 0 Å². The number of carbonyl (C=O) groups excluding carboxylic acids is 3. The third kappa shape index (κ3) is 4.02. The van der Waals surface area contributed by atoms with Gasteiger partial charge in [0.05, 0.1) is 12.3 Å². The van der Waals surface area contributed by atoms with Gasteiger partial charge in [-0.3, -0.25) is 9.59 Å². The van der Waals surface area contributed by atoms with Crippen LogP contribution in [0.2, 0.25) is 0 Å². The number of nitrogens with zero attached hydrogens (tertiary/aromatic N) is 4. The fraction of sp³-hybridized carbons (Fsp3) is 0.308. The normalized spacial score (nSPS) is 15.4. The Labute approximate surface area is 206 Å². The van der Waals surface area contributed by atoms with Crippen LogP contribution >= 0.6 is 0 Å². The van der Waals surface area contributed by atoms with Crippen molar-refractivity contribution in [2.24, 2.45) is 0 Å². The number of anilines is 2. The van der Waals surface area contributed by atoms with Crippen LogP contribution in [0.4, 0.5) is 20.2 Å². The molecule has 0 aliphatic carbocycles. The van der Waals surface area contributed by atoms with Gasteiger partial charge in [-0.25, -0.2) is 18.3 Å². The van der Waals surface area contributed by atoms with E-state index >= 15 is 0 Å². The standard InChI is InChI=1S/C26H24F2N4O4/c1-3-36-26(35)23-20-8-10-30(18-6-7-21(15(2)11-18)31-9-4-5-22(31)33)25(34)24(20)32(29-23)19-13-16(27)12-17(28)14-19/h6-7,11-14H,3-5,8-10H2,1-2H3. The van der Waals surface area contributed by atoms with E-state index in [2.05, 4.69) is 5.10 Å². The second-order valence-corrected chi connectivity index (χ2v) is 8.76. The van der Waals surface area contributed by atoms with E-state index in [0.717, 1.165) is 40.6 Å². The molecule has 0 unspecified atom stereocenters. The zero-order valence-electron chi connectivity index (χ0n) is 19.9. The summed E-state index contributed by atoms with van der Waals surface area (Å²) in [5.74, 6) is -2.78. The van der Waals surface area contributed by atoms with Crippen LogP contribution in [0, 0.1) is 18.6 Å². The molecule has 0 spiro atoms. The maximum absolute atomic E-state index is 14.0. The first-order chi connectivity index (χ1) is 17.3. The van der Waals surface area contributed by atoms with Crippen molar-refractivity contribution < 1.29 is 27.9 Å². The number of hydrogen-bond acceptors (Lipinski definition) is 5. The van der Waals surface area contributed by atoms with Crippen molar-refractivity contribution in [1.29, 1.82) is 0 Å². The van der Waals surface area contributed by atoms with Gasteiger partial charge in [0.25, 0.3) is 5.91 Å². The van der Waals surface area contributed by atoms with Gasteiger partial charge in [-0.05, 0) is 62.6 Å². The van der Waals surface area contributed by atoms with Crippen molar-refractivity contribution in [2.45, 2.75) is 33.1 Å². The van der Waals surface area contributed by atoms with Crippen molar-refractivity contribution in [3.8, 4) is 5.69 Å². The first-order valence-corrected chi connectivity index (χ1v) is 11.8. The van der Waals surface area contributed by atoms with Crippen molar-refractivity contribution in [1.82, 2.24) is 9.78 Å². The zero-order valence-corrected chi connectivity index (χ0v) is 19.9. The van der Waals surface area contributed by atoms with Crippen LogP contribution in [0.25, 0.3) is 5.69 Å². The molecule has 2 amide bonds. The first kappa shape index (κ1) is 23.7. The maximum atomic E-state index is 14.0. The van der Waals surface area contributed by atoms with Gasteiger partial charge in [0.15, 0.2) is 5.69 Å². The molecule has 186 valence electrons. The molecule has 36 heavy (non-hydrogen) atoms. The summed E-state index contributed by atoms with van der Waals surface area (Å²) in [7, 11) is 0. The molecule has 0 N–H and O–H groups in total. The Morgan fingerprint density at radius 1 is 1.00 bits per heavy atom. The van der Waals surface area contributed by atoms with Crippen LogP contribution in [0.15, 0.2) is 36.4 Å². The van der Waals surface area contributed by atoms with Gasteiger partial charge in [0.1, 0.15) is 17.3 Å². The van der Waals surface area contributed by atoms with Crippen molar-refractivity contribution in [2.75, 3.05) is 29.5 Å². The Kier molecular flexibility index (Phi) is 6.03. The lowest BCUT2D eigenvalue weighted by Gasteiger charge is -2.29. The van der Waals surface area contributed by atoms with Gasteiger partial charge in [-0.15, -0.1) is 0 Å². The summed E-state index contributed by atoms with van der Waals surface area (Å²) in [5.41, 5.74) is 2.60. The second-order valence-electron chi connectivity index (χ2n) is 8.76. The molecular weight excluding hydrogens is 470 g/mol. The lowest BCUT2D eigenvalue weighted by atomic mass is 10.0. The maximum Gasteiger partial charge on any atom is 0.359 e. The van der Waals surface area contributed by atoms with Crippen LogP contribution in [-0.4, -0.2) is 47.3 Å². The molecule has 2 aromatic carbocycles. The van der Waals surface area contributed by atoms with Crippen molar-refractivity contribution in [3.05, 3.63) is 70.5 Å². The molecule has 1 saturated heterocycles. The van der Waals surface area contributed by atoms with E-state index in [0.29, 0.717) is 30.6 Å². The number of rotatable bonds is 5. The van der Waals surface area contributed by atoms with Gasteiger partial charge in [0, 0.05) is 42.5 Å². The minimum Gasteiger partial charge on any atom is -0.461 e. The fourth-order valence-electron chi connectivity index (χ4n) is 4.83. The lowest BCUT2D eigenvalue weighted by molar-refractivity contribution is -0.117. The summed E-state index contributed by atoms with van der Waals surface area (Å²) in [6.07, 6.45) is 1.61. The number of fused-ring (bicyclic) bond motifs is 1. The van der Waals surface area contributed by atoms with E-state index in [-0.39, 0.29) is 36.1 Å². The average Bonchev–Trinajstić information content (AvgIpc) is 3.43. The molecule has 0 saturated carbocycles. The van der Waals surface area contributed by atoms with Crippen molar-refractivity contribution >= 4 is 29.2 Å². The Morgan fingerprint density at radius 2 is 1.75 bits per heavy atom. The highest BCUT2D eigenvalue weighted by Crippen LogP contribution is 2.33. The molecule has 1 aromatic heterocycles. The van der Waals surface area contributed by atoms with E-state index in [1.807, 2.05) is 19.1 Å². The van der Waals surface area contributed by atoms with Crippen LogP contribution < -0.4 is 9.80 Å². The number of halogens is 2. The van der Waals surface area contributed by atoms with Crippen molar-refractivity contribution in [3.63, 3.8) is 0 Å². The molecule has 2 aliphatic rings. The Balaban J connectivity index is 1.57. The van der Waals surface area contributed by atoms with Gasteiger partial charge in [0.2, 0.25) is 5.91 Å². The third-order valence-electron chi connectivity index (χ3n) is 6.43. The molecule has 5 rings (SSSR count). The van der Waals surface area contributed by atoms with Crippen LogP contribution in [0.1, 0.15) is 51.9 Å². The molecule has 1 fully saturated rings. The highest BCUT2D eigenvalue weighted by atomic mass is 19.1. The highest BCUT2D eigenvalue weighted by Gasteiger charge is 2.36. The summed E-state index contributed by atoms with van der Waals surface area (Å²) in [6.45, 7) is 4.56. The molecular formula is C26H24F2N4O4. The number of aromatic nitrogens is 2. The lowest BCUT2D eigenvalue weighted by Crippen LogP contribution is -2.39. The fourth-order valence-corrected chi connectivity index (χ4v) is 4.83. The average molecular weight is 494 g/mol. The monoisotopic (exact) mass is 494 g/mol. The minimum absolute atomic E-state index is 0.0198. The number of carbonyl (C=O) groups is 3. The molecule has 0 bridgehead atoms. The first-order valence-electron chi connectivity index (χ1n) is 11.8. The van der Waals surface area contributed by atoms with Gasteiger partial charge in [-0.1, -0.05) is 0 Å². The third-order valence-corrected chi connectivity index (χ3v) is 6.43. The summed E-state index contributed by atoms with van der Waals surface area (Å²) in [4.78, 5) is 41.8. The summed E-state index contributed by atoms with van der Waals surface area (Å²) >= 11 is 0. The molecule has 3 aromatic rings. The SMILES string of the molecule is CCOC(=O)c1nn(-c2cc(F)cc(F)c2)c2c1CCN(c1ccc(N3CCCC3=O)c(C)c1)C2=O. The number of benzene rings is 2. The number of hydrogen-bond donors (Lipinski definition) is 0. The largest absolute Gasteiger partial charge is 0.461 e. The number of amides is 2. The smallest absolute Gasteiger partial charge is 0.359 e. The van der Waals surface area contributed by atoms with E-state index in [1.54, 1.807) is 17.9 Å². The topological polar surface area (TPSA) is 84.7 Å². The molecule has 10 heteroatoms. The predicted molar refractivity (Wildman–Crippen MR) is 128 cm³/mol. The highest BCUT2D eigenvalue weighted by molar-refractivity contribution is 6.09. The van der Waals surface area contributed by atoms with Crippen LogP contribution in [0.5, 0.6) is 0 Å². The van der Waals surface area contributed by atoms with E-state index < -0.39 is 23.5 Å². The summed E-state index contributed by atoms with van der Waals surface area (Å²) in [6, 6.07) is 8.23. The Morgan fingerprint density at radius 3 is 2.39 bits per heavy atom. The number of ether oxygens (including phenoxy) is 1. The quantitative estimate of drug-likeness (QED) is 0.502. The number of aryl methyl sites for hydroxylation is 1. The molecule has 0 radical (unpaired) electrons. The van der Waals surface area contributed by atoms with E-state index in [1.165, 1.54) is 4.90 Å². The molecule has 2 aliphatic heterocycles. The van der Waals surface area contributed by atoms with E-state index in [9.17, 15) is 23.2 Å². The minimum atomic E-state index is -0.838. The number of esters is 1. The molecule has 8 nitrogen and oxygen atoms in total. The van der Waals surface area contributed by atoms with Gasteiger partial charge >= 0.3 is 5.97 Å². The van der Waals surface area contributed by atoms with E-state index in [4.69, 9.17) is 4.74 Å². The Bertz CT molecular complexity index is 1380. The predicted octanol–water partition coefficient (Wildman–Crippen LogP) is 3.97. The zero-order chi connectivity index (χ0) is 25.6. The molecule has 0 atom stereocenters. The second kappa shape index (κ2) is 9.18. The van der Waals surface area contributed by atoms with Crippen LogP contribution in [-0.2, 0) is 16.0 Å². The van der Waals surface area contributed by atoms with Gasteiger partial charge in [-0.2, -0.15) is 5.10 Å².